The molecule has 0 saturated carbocycles. The van der Waals surface area contributed by atoms with E-state index in [-0.39, 0.29) is 5.17 Å². The van der Waals surface area contributed by atoms with Crippen molar-refractivity contribution < 1.29 is 0 Å². The Balaban J connectivity index is 2.07. The highest BCUT2D eigenvalue weighted by Gasteiger charge is 2.06. The predicted molar refractivity (Wildman–Crippen MR) is 90.9 cm³/mol. The van der Waals surface area contributed by atoms with Gasteiger partial charge in [0.05, 0.1) is 16.9 Å². The maximum atomic E-state index is 7.57. The van der Waals surface area contributed by atoms with Crippen molar-refractivity contribution in [1.29, 1.82) is 10.8 Å². The van der Waals surface area contributed by atoms with E-state index in [4.69, 9.17) is 16.6 Å². The number of nitrogens with one attached hydrogen (secondary N) is 2. The largest absolute Gasteiger partial charge is 0.379 e. The number of nitrogens with two attached hydrogens (primary N) is 1. The van der Waals surface area contributed by atoms with E-state index >= 15 is 0 Å². The van der Waals surface area contributed by atoms with Gasteiger partial charge in [-0.25, -0.2) is 4.68 Å². The number of aromatic nitrogens is 2. The number of aryl methyl sites for hydroxylation is 1. The Labute approximate surface area is 132 Å². The first-order chi connectivity index (χ1) is 10.1. The van der Waals surface area contributed by atoms with Gasteiger partial charge in [-0.05, 0) is 37.1 Å². The molecule has 1 aromatic carbocycles. The minimum Gasteiger partial charge on any atom is -0.379 e. The topological polar surface area (TPSA) is 91.5 Å². The Morgan fingerprint density at radius 2 is 1.95 bits per heavy atom. The number of amidine groups is 1. The zero-order valence-electron chi connectivity index (χ0n) is 11.7. The van der Waals surface area contributed by atoms with Crippen LogP contribution in [-0.4, -0.2) is 25.7 Å². The van der Waals surface area contributed by atoms with Crippen molar-refractivity contribution in [2.24, 2.45) is 5.73 Å². The van der Waals surface area contributed by atoms with Gasteiger partial charge in [-0.3, -0.25) is 10.8 Å². The SMILES string of the molecule is CC(=N)Sc1ccnn1-c1ccc(CCSC(=N)N)cc1. The van der Waals surface area contributed by atoms with E-state index in [1.54, 1.807) is 13.1 Å². The molecule has 2 aromatic rings. The lowest BCUT2D eigenvalue weighted by Gasteiger charge is -2.07. The van der Waals surface area contributed by atoms with Crippen LogP contribution in [-0.2, 0) is 6.42 Å². The lowest BCUT2D eigenvalue weighted by Crippen LogP contribution is -2.05. The molecule has 0 aliphatic rings. The molecule has 110 valence electrons. The Hall–Kier alpha value is -1.73. The van der Waals surface area contributed by atoms with Crippen molar-refractivity contribution >= 4 is 33.7 Å². The van der Waals surface area contributed by atoms with Crippen LogP contribution >= 0.6 is 23.5 Å². The Bertz CT molecular complexity index is 633. The minimum atomic E-state index is 0.159. The van der Waals surface area contributed by atoms with Crippen LogP contribution in [0.3, 0.4) is 0 Å². The van der Waals surface area contributed by atoms with Crippen LogP contribution in [0.4, 0.5) is 0 Å². The van der Waals surface area contributed by atoms with Crippen molar-refractivity contribution in [3.8, 4) is 5.69 Å². The van der Waals surface area contributed by atoms with Gasteiger partial charge in [0.15, 0.2) is 5.17 Å². The molecule has 1 aromatic heterocycles. The van der Waals surface area contributed by atoms with Crippen molar-refractivity contribution in [3.05, 3.63) is 42.1 Å². The lowest BCUT2D eigenvalue weighted by atomic mass is 10.1. The second kappa shape index (κ2) is 7.33. The molecule has 1 heterocycles. The fraction of sp³-hybridized carbons (Fsp3) is 0.214. The quantitative estimate of drug-likeness (QED) is 0.448. The van der Waals surface area contributed by atoms with E-state index < -0.39 is 0 Å². The van der Waals surface area contributed by atoms with E-state index in [1.807, 2.05) is 22.9 Å². The molecule has 7 heteroatoms. The summed E-state index contributed by atoms with van der Waals surface area (Å²) in [5.41, 5.74) is 7.50. The molecule has 0 aliphatic carbocycles. The average molecular weight is 319 g/mol. The van der Waals surface area contributed by atoms with Crippen LogP contribution in [0.1, 0.15) is 12.5 Å². The van der Waals surface area contributed by atoms with Gasteiger partial charge in [0, 0.05) is 5.75 Å². The molecular weight excluding hydrogens is 302 g/mol. The lowest BCUT2D eigenvalue weighted by molar-refractivity contribution is 0.804. The summed E-state index contributed by atoms with van der Waals surface area (Å²) in [6, 6.07) is 10.1. The van der Waals surface area contributed by atoms with Crippen molar-refractivity contribution in [1.82, 2.24) is 9.78 Å². The molecule has 0 amide bonds. The van der Waals surface area contributed by atoms with Crippen LogP contribution < -0.4 is 5.73 Å². The van der Waals surface area contributed by atoms with Gasteiger partial charge >= 0.3 is 0 Å². The van der Waals surface area contributed by atoms with E-state index in [0.29, 0.717) is 5.04 Å². The maximum Gasteiger partial charge on any atom is 0.151 e. The van der Waals surface area contributed by atoms with Gasteiger partial charge in [0.2, 0.25) is 0 Å². The Morgan fingerprint density at radius 3 is 2.57 bits per heavy atom. The average Bonchev–Trinajstić information content (AvgIpc) is 2.86. The van der Waals surface area contributed by atoms with Crippen LogP contribution in [0.15, 0.2) is 41.6 Å². The van der Waals surface area contributed by atoms with Crippen molar-refractivity contribution in [2.45, 2.75) is 18.4 Å². The van der Waals surface area contributed by atoms with E-state index in [0.717, 1.165) is 22.9 Å². The van der Waals surface area contributed by atoms with Crippen LogP contribution in [0.5, 0.6) is 0 Å². The number of benzene rings is 1. The van der Waals surface area contributed by atoms with Crippen molar-refractivity contribution in [3.63, 3.8) is 0 Å². The summed E-state index contributed by atoms with van der Waals surface area (Å²) < 4.78 is 1.83. The van der Waals surface area contributed by atoms with Gasteiger partial charge in [-0.1, -0.05) is 35.7 Å². The molecular formula is C14H17N5S2. The summed E-state index contributed by atoms with van der Waals surface area (Å²) in [6.07, 6.45) is 2.62. The standard InChI is InChI=1S/C14H17N5S2/c1-10(15)21-13-6-8-18-19(13)12-4-2-11(3-5-12)7-9-20-14(16)17/h2-6,8,15H,7,9H2,1H3,(H3,16,17). The summed E-state index contributed by atoms with van der Waals surface area (Å²) >= 11 is 2.74. The molecule has 0 unspecified atom stereocenters. The fourth-order valence-electron chi connectivity index (χ4n) is 1.80. The summed E-state index contributed by atoms with van der Waals surface area (Å²) in [7, 11) is 0. The van der Waals surface area contributed by atoms with Crippen LogP contribution in [0.2, 0.25) is 0 Å². The number of hydrogen-bond acceptors (Lipinski definition) is 5. The summed E-state index contributed by atoms with van der Waals surface area (Å²) in [6.45, 7) is 1.76. The molecule has 0 aliphatic heterocycles. The van der Waals surface area contributed by atoms with Crippen LogP contribution in [0, 0.1) is 10.8 Å². The summed E-state index contributed by atoms with van der Waals surface area (Å²) in [4.78, 5) is 0. The third kappa shape index (κ3) is 4.64. The molecule has 21 heavy (non-hydrogen) atoms. The van der Waals surface area contributed by atoms with Crippen LogP contribution in [0.25, 0.3) is 5.69 Å². The third-order valence-electron chi connectivity index (χ3n) is 2.69. The first-order valence-corrected chi connectivity index (χ1v) is 8.19. The van der Waals surface area contributed by atoms with Gasteiger partial charge in [-0.2, -0.15) is 5.10 Å². The third-order valence-corrected chi connectivity index (χ3v) is 4.24. The zero-order valence-corrected chi connectivity index (χ0v) is 13.3. The second-order valence-corrected chi connectivity index (χ2v) is 6.74. The number of nitrogens with zero attached hydrogens (tertiary/aromatic N) is 2. The monoisotopic (exact) mass is 319 g/mol. The molecule has 0 fully saturated rings. The summed E-state index contributed by atoms with van der Waals surface area (Å²) in [5, 5.41) is 20.7. The minimum absolute atomic E-state index is 0.159. The second-order valence-electron chi connectivity index (χ2n) is 4.37. The molecule has 0 spiro atoms. The van der Waals surface area contributed by atoms with Gasteiger partial charge in [0.1, 0.15) is 5.03 Å². The predicted octanol–water partition coefficient (Wildman–Crippen LogP) is 3.13. The van der Waals surface area contributed by atoms with Gasteiger partial charge in [0.25, 0.3) is 0 Å². The molecule has 4 N–H and O–H groups in total. The normalized spacial score (nSPS) is 10.5. The van der Waals surface area contributed by atoms with Gasteiger partial charge in [-0.15, -0.1) is 0 Å². The first kappa shape index (κ1) is 15.7. The first-order valence-electron chi connectivity index (χ1n) is 6.39. The number of rotatable bonds is 5. The molecule has 0 radical (unpaired) electrons. The molecule has 0 atom stereocenters. The fourth-order valence-corrected chi connectivity index (χ4v) is 3.04. The van der Waals surface area contributed by atoms with E-state index in [1.165, 1.54) is 29.1 Å². The number of thioether (sulfide) groups is 2. The zero-order chi connectivity index (χ0) is 15.2. The number of hydrogen-bond donors (Lipinski definition) is 3. The smallest absolute Gasteiger partial charge is 0.151 e. The summed E-state index contributed by atoms with van der Waals surface area (Å²) in [5.74, 6) is 0.810. The van der Waals surface area contributed by atoms with Crippen molar-refractivity contribution in [2.75, 3.05) is 5.75 Å². The van der Waals surface area contributed by atoms with E-state index in [9.17, 15) is 0 Å². The highest BCUT2D eigenvalue weighted by Crippen LogP contribution is 2.22. The molecule has 5 nitrogen and oxygen atoms in total. The Kier molecular flexibility index (Phi) is 5.46. The highest BCUT2D eigenvalue weighted by atomic mass is 32.2. The molecule has 0 saturated heterocycles. The van der Waals surface area contributed by atoms with Gasteiger partial charge < -0.3 is 5.73 Å². The maximum absolute atomic E-state index is 7.57. The molecule has 2 rings (SSSR count). The van der Waals surface area contributed by atoms with E-state index in [2.05, 4.69) is 17.2 Å². The Morgan fingerprint density at radius 1 is 1.24 bits per heavy atom. The highest BCUT2D eigenvalue weighted by molar-refractivity contribution is 8.13. The molecule has 0 bridgehead atoms.